The highest BCUT2D eigenvalue weighted by molar-refractivity contribution is 5.73. The number of nitrogens with one attached hydrogen (secondary N) is 1. The van der Waals surface area contributed by atoms with E-state index in [2.05, 4.69) is 22.2 Å². The molecule has 3 nitrogen and oxygen atoms in total. The Morgan fingerprint density at radius 1 is 1.25 bits per heavy atom. The van der Waals surface area contributed by atoms with Gasteiger partial charge in [-0.1, -0.05) is 12.1 Å². The van der Waals surface area contributed by atoms with E-state index in [1.165, 1.54) is 0 Å². The average Bonchev–Trinajstić information content (AvgIpc) is 2.35. The van der Waals surface area contributed by atoms with Gasteiger partial charge in [0.1, 0.15) is 0 Å². The van der Waals surface area contributed by atoms with Crippen molar-refractivity contribution >= 4 is 11.0 Å². The summed E-state index contributed by atoms with van der Waals surface area (Å²) in [7, 11) is 1.98. The van der Waals surface area contributed by atoms with Crippen molar-refractivity contribution in [1.29, 1.82) is 0 Å². The number of hydrogen-bond acceptors (Lipinski definition) is 3. The van der Waals surface area contributed by atoms with Gasteiger partial charge in [0.25, 0.3) is 0 Å². The Bertz CT molecular complexity index is 467. The number of benzene rings is 1. The molecule has 1 N–H and O–H groups in total. The second-order valence-corrected chi connectivity index (χ2v) is 4.08. The topological polar surface area (TPSA) is 37.8 Å². The molecule has 84 valence electrons. The number of rotatable bonds is 4. The van der Waals surface area contributed by atoms with Crippen molar-refractivity contribution in [2.75, 3.05) is 7.05 Å². The Morgan fingerprint density at radius 3 is 2.75 bits per heavy atom. The third kappa shape index (κ3) is 2.55. The van der Waals surface area contributed by atoms with Crippen molar-refractivity contribution in [3.8, 4) is 0 Å². The van der Waals surface area contributed by atoms with Crippen LogP contribution < -0.4 is 5.32 Å². The van der Waals surface area contributed by atoms with Crippen molar-refractivity contribution in [2.45, 2.75) is 25.8 Å². The molecule has 3 heteroatoms. The zero-order valence-corrected chi connectivity index (χ0v) is 9.77. The summed E-state index contributed by atoms with van der Waals surface area (Å²) in [6, 6.07) is 8.50. The normalized spacial score (nSPS) is 12.9. The molecular weight excluding hydrogens is 198 g/mol. The molecule has 0 aliphatic rings. The summed E-state index contributed by atoms with van der Waals surface area (Å²) >= 11 is 0. The van der Waals surface area contributed by atoms with Gasteiger partial charge in [-0.15, -0.1) is 0 Å². The number of aryl methyl sites for hydroxylation is 1. The quantitative estimate of drug-likeness (QED) is 0.849. The lowest BCUT2D eigenvalue weighted by molar-refractivity contribution is 0.561. The molecule has 1 atom stereocenters. The molecule has 0 fully saturated rings. The van der Waals surface area contributed by atoms with Crippen LogP contribution in [0.2, 0.25) is 0 Å². The van der Waals surface area contributed by atoms with E-state index >= 15 is 0 Å². The molecule has 2 rings (SSSR count). The van der Waals surface area contributed by atoms with Crippen LogP contribution in [-0.2, 0) is 6.42 Å². The van der Waals surface area contributed by atoms with Crippen LogP contribution in [0.25, 0.3) is 11.0 Å². The monoisotopic (exact) mass is 215 g/mol. The van der Waals surface area contributed by atoms with Crippen LogP contribution in [0.4, 0.5) is 0 Å². The van der Waals surface area contributed by atoms with Gasteiger partial charge in [-0.05, 0) is 38.9 Å². The molecule has 1 aromatic heterocycles. The fraction of sp³-hybridized carbons (Fsp3) is 0.385. The van der Waals surface area contributed by atoms with Gasteiger partial charge >= 0.3 is 0 Å². The third-order valence-corrected chi connectivity index (χ3v) is 2.82. The number of nitrogens with zero attached hydrogens (tertiary/aromatic N) is 2. The van der Waals surface area contributed by atoms with Crippen molar-refractivity contribution in [3.63, 3.8) is 0 Å². The van der Waals surface area contributed by atoms with Crippen LogP contribution in [-0.4, -0.2) is 23.1 Å². The highest BCUT2D eigenvalue weighted by atomic mass is 14.9. The first-order valence-electron chi connectivity index (χ1n) is 5.67. The zero-order valence-electron chi connectivity index (χ0n) is 9.77. The lowest BCUT2D eigenvalue weighted by Crippen LogP contribution is -2.21. The van der Waals surface area contributed by atoms with E-state index in [1.807, 2.05) is 37.5 Å². The molecule has 0 saturated carbocycles. The van der Waals surface area contributed by atoms with Crippen LogP contribution in [0.15, 0.2) is 30.5 Å². The number of aromatic nitrogens is 2. The second-order valence-electron chi connectivity index (χ2n) is 4.08. The van der Waals surface area contributed by atoms with Crippen molar-refractivity contribution < 1.29 is 0 Å². The first kappa shape index (κ1) is 11.0. The molecular formula is C13H17N3. The van der Waals surface area contributed by atoms with Gasteiger partial charge in [-0.25, -0.2) is 4.98 Å². The summed E-state index contributed by atoms with van der Waals surface area (Å²) in [4.78, 5) is 8.99. The summed E-state index contributed by atoms with van der Waals surface area (Å²) in [5, 5.41) is 3.22. The smallest absolute Gasteiger partial charge is 0.0890 e. The van der Waals surface area contributed by atoms with Crippen molar-refractivity contribution in [3.05, 3.63) is 36.2 Å². The van der Waals surface area contributed by atoms with Gasteiger partial charge in [0.05, 0.1) is 16.7 Å². The molecule has 1 heterocycles. The molecule has 0 amide bonds. The first-order valence-corrected chi connectivity index (χ1v) is 5.67. The number of para-hydroxylation sites is 2. The molecule has 0 bridgehead atoms. The summed E-state index contributed by atoms with van der Waals surface area (Å²) < 4.78 is 0. The Balaban J connectivity index is 2.13. The van der Waals surface area contributed by atoms with Crippen LogP contribution in [0.5, 0.6) is 0 Å². The van der Waals surface area contributed by atoms with Crippen LogP contribution in [0.1, 0.15) is 19.0 Å². The molecule has 0 aliphatic heterocycles. The van der Waals surface area contributed by atoms with Crippen LogP contribution in [0, 0.1) is 0 Å². The third-order valence-electron chi connectivity index (χ3n) is 2.82. The molecule has 1 unspecified atom stereocenters. The van der Waals surface area contributed by atoms with Gasteiger partial charge in [0.2, 0.25) is 0 Å². The fourth-order valence-corrected chi connectivity index (χ4v) is 1.62. The van der Waals surface area contributed by atoms with Crippen LogP contribution in [0.3, 0.4) is 0 Å². The summed E-state index contributed by atoms with van der Waals surface area (Å²) in [6.45, 7) is 2.18. The maximum Gasteiger partial charge on any atom is 0.0890 e. The van der Waals surface area contributed by atoms with Gasteiger partial charge in [-0.2, -0.15) is 0 Å². The molecule has 16 heavy (non-hydrogen) atoms. The SMILES string of the molecule is CNC(C)CCc1cnc2ccccc2n1. The molecule has 2 aromatic rings. The highest BCUT2D eigenvalue weighted by Crippen LogP contribution is 2.10. The van der Waals surface area contributed by atoms with Gasteiger partial charge in [0, 0.05) is 12.2 Å². The number of hydrogen-bond donors (Lipinski definition) is 1. The zero-order chi connectivity index (χ0) is 11.4. The molecule has 0 radical (unpaired) electrons. The van der Waals surface area contributed by atoms with E-state index in [-0.39, 0.29) is 0 Å². The standard InChI is InChI=1S/C13H17N3/c1-10(14-2)7-8-11-9-15-12-5-3-4-6-13(12)16-11/h3-6,9-10,14H,7-8H2,1-2H3. The minimum absolute atomic E-state index is 0.522. The lowest BCUT2D eigenvalue weighted by atomic mass is 10.1. The van der Waals surface area contributed by atoms with E-state index < -0.39 is 0 Å². The predicted molar refractivity (Wildman–Crippen MR) is 66.4 cm³/mol. The Labute approximate surface area is 95.9 Å². The largest absolute Gasteiger partial charge is 0.317 e. The molecule has 1 aromatic carbocycles. The Kier molecular flexibility index (Phi) is 3.47. The van der Waals surface area contributed by atoms with Crippen molar-refractivity contribution in [2.24, 2.45) is 0 Å². The minimum Gasteiger partial charge on any atom is -0.317 e. The average molecular weight is 215 g/mol. The Hall–Kier alpha value is -1.48. The summed E-state index contributed by atoms with van der Waals surface area (Å²) in [5.74, 6) is 0. The van der Waals surface area contributed by atoms with Gasteiger partial charge < -0.3 is 5.32 Å². The molecule has 0 saturated heterocycles. The van der Waals surface area contributed by atoms with E-state index in [9.17, 15) is 0 Å². The highest BCUT2D eigenvalue weighted by Gasteiger charge is 2.02. The first-order chi connectivity index (χ1) is 7.79. The Morgan fingerprint density at radius 2 is 2.00 bits per heavy atom. The van der Waals surface area contributed by atoms with E-state index in [0.717, 1.165) is 29.6 Å². The summed E-state index contributed by atoms with van der Waals surface area (Å²) in [6.07, 6.45) is 3.94. The molecule has 0 spiro atoms. The minimum atomic E-state index is 0.522. The maximum atomic E-state index is 4.59. The summed E-state index contributed by atoms with van der Waals surface area (Å²) in [5.41, 5.74) is 3.02. The lowest BCUT2D eigenvalue weighted by Gasteiger charge is -2.09. The van der Waals surface area contributed by atoms with Crippen LogP contribution >= 0.6 is 0 Å². The second kappa shape index (κ2) is 5.03. The van der Waals surface area contributed by atoms with E-state index in [4.69, 9.17) is 0 Å². The van der Waals surface area contributed by atoms with E-state index in [1.54, 1.807) is 0 Å². The van der Waals surface area contributed by atoms with Gasteiger partial charge in [0.15, 0.2) is 0 Å². The fourth-order valence-electron chi connectivity index (χ4n) is 1.62. The number of fused-ring (bicyclic) bond motifs is 1. The van der Waals surface area contributed by atoms with Crippen molar-refractivity contribution in [1.82, 2.24) is 15.3 Å². The maximum absolute atomic E-state index is 4.59. The molecule has 0 aliphatic carbocycles. The predicted octanol–water partition coefficient (Wildman–Crippen LogP) is 2.17. The van der Waals surface area contributed by atoms with E-state index in [0.29, 0.717) is 6.04 Å². The van der Waals surface area contributed by atoms with Gasteiger partial charge in [-0.3, -0.25) is 4.98 Å².